The van der Waals surface area contributed by atoms with Crippen molar-refractivity contribution in [2.45, 2.75) is 57.5 Å². The highest BCUT2D eigenvalue weighted by Gasteiger charge is 2.27. The van der Waals surface area contributed by atoms with Crippen molar-refractivity contribution in [3.8, 4) is 5.88 Å². The fourth-order valence-corrected chi connectivity index (χ4v) is 2.82. The minimum atomic E-state index is 0.515. The first-order chi connectivity index (χ1) is 10.4. The zero-order valence-electron chi connectivity index (χ0n) is 12.9. The number of nitrogens with one attached hydrogen (secondary N) is 1. The number of hydrogen-bond acceptors (Lipinski definition) is 5. The molecule has 1 unspecified atom stereocenters. The summed E-state index contributed by atoms with van der Waals surface area (Å²) in [5.74, 6) is 1.52. The predicted molar refractivity (Wildman–Crippen MR) is 83.8 cm³/mol. The Kier molecular flexibility index (Phi) is 4.91. The van der Waals surface area contributed by atoms with E-state index in [9.17, 15) is 0 Å². The molecular weight excluding hydrogens is 264 g/mol. The van der Waals surface area contributed by atoms with Gasteiger partial charge in [-0.2, -0.15) is 4.98 Å². The Morgan fingerprint density at radius 3 is 3.05 bits per heavy atom. The molecule has 2 fully saturated rings. The van der Waals surface area contributed by atoms with Gasteiger partial charge in [0.05, 0.1) is 6.61 Å². The van der Waals surface area contributed by atoms with Gasteiger partial charge in [-0.05, 0) is 38.5 Å². The Hall–Kier alpha value is -1.36. The second-order valence-corrected chi connectivity index (χ2v) is 6.07. The Morgan fingerprint density at radius 2 is 2.24 bits per heavy atom. The minimum Gasteiger partial charge on any atom is -0.478 e. The van der Waals surface area contributed by atoms with Crippen molar-refractivity contribution < 1.29 is 4.74 Å². The molecule has 0 aromatic carbocycles. The van der Waals surface area contributed by atoms with Gasteiger partial charge in [-0.1, -0.05) is 6.92 Å². The third-order valence-corrected chi connectivity index (χ3v) is 4.17. The Morgan fingerprint density at radius 1 is 1.33 bits per heavy atom. The van der Waals surface area contributed by atoms with Crippen molar-refractivity contribution in [1.29, 1.82) is 0 Å². The lowest BCUT2D eigenvalue weighted by Gasteiger charge is -2.36. The first kappa shape index (κ1) is 14.6. The molecule has 1 aliphatic heterocycles. The summed E-state index contributed by atoms with van der Waals surface area (Å²) in [5, 5.41) is 3.65. The van der Waals surface area contributed by atoms with Gasteiger partial charge in [0, 0.05) is 37.4 Å². The number of rotatable bonds is 7. The van der Waals surface area contributed by atoms with Crippen LogP contribution in [-0.2, 0) is 0 Å². The fourth-order valence-electron chi connectivity index (χ4n) is 2.82. The summed E-state index contributed by atoms with van der Waals surface area (Å²) in [7, 11) is 0. The molecule has 1 atom stereocenters. The number of nitrogens with zero attached hydrogens (tertiary/aromatic N) is 3. The average molecular weight is 290 g/mol. The predicted octanol–water partition coefficient (Wildman–Crippen LogP) is 2.38. The maximum Gasteiger partial charge on any atom is 0.228 e. The number of anilines is 1. The topological polar surface area (TPSA) is 50.3 Å². The highest BCUT2D eigenvalue weighted by atomic mass is 16.5. The van der Waals surface area contributed by atoms with Crippen LogP contribution in [0.5, 0.6) is 5.88 Å². The Labute approximate surface area is 127 Å². The smallest absolute Gasteiger partial charge is 0.228 e. The number of ether oxygens (including phenoxy) is 1. The maximum atomic E-state index is 5.64. The molecule has 5 nitrogen and oxygen atoms in total. The van der Waals surface area contributed by atoms with E-state index < -0.39 is 0 Å². The standard InChI is InChI=1S/C16H26N4O/c1-2-11-21-15-8-9-17-16(19-15)20-10-4-3-5-14(20)12-18-13-6-7-13/h8-9,13-14,18H,2-7,10-12H2,1H3. The minimum absolute atomic E-state index is 0.515. The van der Waals surface area contributed by atoms with Crippen LogP contribution in [0.4, 0.5) is 5.95 Å². The van der Waals surface area contributed by atoms with E-state index in [0.29, 0.717) is 18.5 Å². The van der Waals surface area contributed by atoms with E-state index in [1.807, 2.05) is 12.3 Å². The van der Waals surface area contributed by atoms with Crippen LogP contribution in [0.15, 0.2) is 12.3 Å². The molecule has 2 aliphatic rings. The molecule has 5 heteroatoms. The molecule has 0 spiro atoms. The molecule has 1 aromatic heterocycles. The van der Waals surface area contributed by atoms with Crippen molar-refractivity contribution in [3.05, 3.63) is 12.3 Å². The van der Waals surface area contributed by atoms with Crippen molar-refractivity contribution in [2.75, 3.05) is 24.6 Å². The highest BCUT2D eigenvalue weighted by molar-refractivity contribution is 5.34. The third-order valence-electron chi connectivity index (χ3n) is 4.17. The average Bonchev–Trinajstić information content (AvgIpc) is 3.36. The van der Waals surface area contributed by atoms with Gasteiger partial charge in [-0.15, -0.1) is 0 Å². The van der Waals surface area contributed by atoms with Gasteiger partial charge < -0.3 is 15.0 Å². The molecule has 0 radical (unpaired) electrons. The normalized spacial score (nSPS) is 22.3. The van der Waals surface area contributed by atoms with Crippen molar-refractivity contribution in [2.24, 2.45) is 0 Å². The highest BCUT2D eigenvalue weighted by Crippen LogP contribution is 2.24. The summed E-state index contributed by atoms with van der Waals surface area (Å²) in [4.78, 5) is 11.4. The van der Waals surface area contributed by atoms with Crippen LogP contribution >= 0.6 is 0 Å². The van der Waals surface area contributed by atoms with Gasteiger partial charge in [0.1, 0.15) is 0 Å². The second-order valence-electron chi connectivity index (χ2n) is 6.07. The summed E-state index contributed by atoms with van der Waals surface area (Å²) < 4.78 is 5.64. The van der Waals surface area contributed by atoms with E-state index in [-0.39, 0.29) is 0 Å². The van der Waals surface area contributed by atoms with Crippen molar-refractivity contribution in [3.63, 3.8) is 0 Å². The first-order valence-electron chi connectivity index (χ1n) is 8.32. The first-order valence-corrected chi connectivity index (χ1v) is 8.32. The van der Waals surface area contributed by atoms with E-state index >= 15 is 0 Å². The summed E-state index contributed by atoms with van der Waals surface area (Å²) in [6.07, 6.45) is 9.24. The molecule has 116 valence electrons. The SMILES string of the molecule is CCCOc1ccnc(N2CCCCC2CNC2CC2)n1. The fraction of sp³-hybridized carbons (Fsp3) is 0.750. The molecule has 3 rings (SSSR count). The Balaban J connectivity index is 1.66. The van der Waals surface area contributed by atoms with E-state index in [2.05, 4.69) is 27.1 Å². The van der Waals surface area contributed by atoms with Gasteiger partial charge in [-0.3, -0.25) is 0 Å². The van der Waals surface area contributed by atoms with Crippen LogP contribution in [0.1, 0.15) is 45.4 Å². The molecule has 1 saturated heterocycles. The van der Waals surface area contributed by atoms with Crippen molar-refractivity contribution in [1.82, 2.24) is 15.3 Å². The lowest BCUT2D eigenvalue weighted by atomic mass is 10.0. The van der Waals surface area contributed by atoms with Crippen LogP contribution in [-0.4, -0.2) is 41.7 Å². The van der Waals surface area contributed by atoms with Crippen LogP contribution < -0.4 is 15.0 Å². The van der Waals surface area contributed by atoms with Crippen LogP contribution in [0.25, 0.3) is 0 Å². The zero-order valence-corrected chi connectivity index (χ0v) is 12.9. The molecule has 1 aromatic rings. The number of piperidine rings is 1. The Bertz CT molecular complexity index is 450. The number of aromatic nitrogens is 2. The summed E-state index contributed by atoms with van der Waals surface area (Å²) in [6, 6.07) is 3.12. The molecule has 2 heterocycles. The van der Waals surface area contributed by atoms with E-state index in [1.54, 1.807) is 0 Å². The molecule has 1 aliphatic carbocycles. The third kappa shape index (κ3) is 4.06. The quantitative estimate of drug-likeness (QED) is 0.835. The maximum absolute atomic E-state index is 5.64. The van der Waals surface area contributed by atoms with Crippen LogP contribution in [0.3, 0.4) is 0 Å². The second kappa shape index (κ2) is 7.07. The molecule has 21 heavy (non-hydrogen) atoms. The molecule has 1 N–H and O–H groups in total. The zero-order chi connectivity index (χ0) is 14.5. The summed E-state index contributed by atoms with van der Waals surface area (Å²) in [5.41, 5.74) is 0. The molecule has 0 amide bonds. The summed E-state index contributed by atoms with van der Waals surface area (Å²) >= 11 is 0. The lowest BCUT2D eigenvalue weighted by molar-refractivity contribution is 0.304. The van der Waals surface area contributed by atoms with Crippen LogP contribution in [0.2, 0.25) is 0 Å². The monoisotopic (exact) mass is 290 g/mol. The lowest BCUT2D eigenvalue weighted by Crippen LogP contribution is -2.46. The van der Waals surface area contributed by atoms with Crippen LogP contribution in [0, 0.1) is 0 Å². The van der Waals surface area contributed by atoms with E-state index in [0.717, 1.165) is 31.5 Å². The van der Waals surface area contributed by atoms with Gasteiger partial charge in [-0.25, -0.2) is 4.98 Å². The molecule has 1 saturated carbocycles. The van der Waals surface area contributed by atoms with Gasteiger partial charge in [0.2, 0.25) is 11.8 Å². The largest absolute Gasteiger partial charge is 0.478 e. The molecular formula is C16H26N4O. The van der Waals surface area contributed by atoms with E-state index in [4.69, 9.17) is 4.74 Å². The van der Waals surface area contributed by atoms with Gasteiger partial charge in [0.15, 0.2) is 0 Å². The molecule has 0 bridgehead atoms. The number of hydrogen-bond donors (Lipinski definition) is 1. The van der Waals surface area contributed by atoms with E-state index in [1.165, 1.54) is 32.1 Å². The van der Waals surface area contributed by atoms with Gasteiger partial charge in [0.25, 0.3) is 0 Å². The van der Waals surface area contributed by atoms with Crippen molar-refractivity contribution >= 4 is 5.95 Å². The summed E-state index contributed by atoms with van der Waals surface area (Å²) in [6.45, 7) is 4.91. The van der Waals surface area contributed by atoms with Gasteiger partial charge >= 0.3 is 0 Å².